The molecule has 0 atom stereocenters. The van der Waals surface area contributed by atoms with Crippen LogP contribution in [0.5, 0.6) is 0 Å². The maximum absolute atomic E-state index is 8.53. The lowest BCUT2D eigenvalue weighted by molar-refractivity contribution is 0.388. The molecule has 2 heterocycles. The largest absolute Gasteiger partial charge is 0.291 e. The van der Waals surface area contributed by atoms with E-state index in [9.17, 15) is 0 Å². The Hall–Kier alpha value is -1.95. The van der Waals surface area contributed by atoms with E-state index in [1.807, 2.05) is 5.48 Å². The van der Waals surface area contributed by atoms with Crippen LogP contribution in [-0.4, -0.2) is 25.0 Å². The molecule has 13 heavy (non-hydrogen) atoms. The minimum atomic E-state index is 0.531. The molecule has 2 N–H and O–H groups in total. The molecule has 0 amide bonds. The van der Waals surface area contributed by atoms with Gasteiger partial charge in [0.15, 0.2) is 5.82 Å². The second-order valence-electron chi connectivity index (χ2n) is 2.36. The van der Waals surface area contributed by atoms with Crippen molar-refractivity contribution < 1.29 is 5.21 Å². The van der Waals surface area contributed by atoms with Crippen molar-refractivity contribution in [2.75, 3.05) is 5.48 Å². The van der Waals surface area contributed by atoms with Crippen molar-refractivity contribution >= 4 is 5.69 Å². The molecule has 0 unspecified atom stereocenters. The van der Waals surface area contributed by atoms with Gasteiger partial charge in [0, 0.05) is 0 Å². The number of rotatable bonds is 2. The third-order valence-electron chi connectivity index (χ3n) is 1.53. The summed E-state index contributed by atoms with van der Waals surface area (Å²) < 4.78 is 1.53. The van der Waals surface area contributed by atoms with Crippen molar-refractivity contribution in [2.24, 2.45) is 0 Å². The fourth-order valence-corrected chi connectivity index (χ4v) is 0.914. The minimum Gasteiger partial charge on any atom is -0.291 e. The van der Waals surface area contributed by atoms with E-state index in [1.54, 1.807) is 18.5 Å². The Morgan fingerprint density at radius 2 is 2.31 bits per heavy atom. The van der Waals surface area contributed by atoms with Crippen molar-refractivity contribution in [1.29, 1.82) is 0 Å². The smallest absolute Gasteiger partial charge is 0.155 e. The second-order valence-corrected chi connectivity index (χ2v) is 2.36. The maximum atomic E-state index is 8.53. The normalized spacial score (nSPS) is 9.92. The number of hydrogen-bond donors (Lipinski definition) is 2. The fourth-order valence-electron chi connectivity index (χ4n) is 0.914. The summed E-state index contributed by atoms with van der Waals surface area (Å²) in [6, 6.07) is 3.40. The first-order valence-electron chi connectivity index (χ1n) is 3.61. The highest BCUT2D eigenvalue weighted by Gasteiger charge is 1.97. The number of nitrogens with one attached hydrogen (secondary N) is 1. The third-order valence-corrected chi connectivity index (χ3v) is 1.53. The van der Waals surface area contributed by atoms with Gasteiger partial charge in [-0.15, -0.1) is 0 Å². The van der Waals surface area contributed by atoms with Gasteiger partial charge >= 0.3 is 0 Å². The van der Waals surface area contributed by atoms with Crippen LogP contribution in [0, 0.1) is 0 Å². The van der Waals surface area contributed by atoms with E-state index in [0.717, 1.165) is 0 Å². The molecule has 0 fully saturated rings. The third kappa shape index (κ3) is 1.47. The van der Waals surface area contributed by atoms with Gasteiger partial charge in [-0.25, -0.2) is 14.6 Å². The molecular weight excluding hydrogens is 170 g/mol. The van der Waals surface area contributed by atoms with Gasteiger partial charge in [-0.1, -0.05) is 0 Å². The lowest BCUT2D eigenvalue weighted by Gasteiger charge is -2.00. The summed E-state index contributed by atoms with van der Waals surface area (Å²) in [5, 5.41) is 12.4. The van der Waals surface area contributed by atoms with Gasteiger partial charge in [0.25, 0.3) is 0 Å². The monoisotopic (exact) mass is 177 g/mol. The van der Waals surface area contributed by atoms with E-state index in [2.05, 4.69) is 15.1 Å². The van der Waals surface area contributed by atoms with Crippen LogP contribution in [0.4, 0.5) is 5.69 Å². The van der Waals surface area contributed by atoms with Crippen molar-refractivity contribution in [1.82, 2.24) is 19.7 Å². The van der Waals surface area contributed by atoms with Crippen molar-refractivity contribution in [3.05, 3.63) is 31.0 Å². The van der Waals surface area contributed by atoms with E-state index in [1.165, 1.54) is 17.2 Å². The predicted molar refractivity (Wildman–Crippen MR) is 44.6 cm³/mol. The average Bonchev–Trinajstić information content (AvgIpc) is 2.71. The molecule has 0 aliphatic carbocycles. The molecule has 0 aromatic carbocycles. The van der Waals surface area contributed by atoms with Crippen LogP contribution in [0.3, 0.4) is 0 Å². The van der Waals surface area contributed by atoms with Gasteiger partial charge in [-0.3, -0.25) is 10.7 Å². The zero-order valence-electron chi connectivity index (χ0n) is 6.62. The zero-order chi connectivity index (χ0) is 9.10. The van der Waals surface area contributed by atoms with Crippen LogP contribution in [0.2, 0.25) is 0 Å². The number of anilines is 1. The summed E-state index contributed by atoms with van der Waals surface area (Å²) in [6.45, 7) is 0. The number of pyridine rings is 1. The average molecular weight is 177 g/mol. The summed E-state index contributed by atoms with van der Waals surface area (Å²) in [5.41, 5.74) is 2.52. The van der Waals surface area contributed by atoms with E-state index >= 15 is 0 Å². The van der Waals surface area contributed by atoms with E-state index in [-0.39, 0.29) is 0 Å². The Morgan fingerprint density at radius 1 is 1.38 bits per heavy atom. The highest BCUT2D eigenvalue weighted by atomic mass is 16.5. The summed E-state index contributed by atoms with van der Waals surface area (Å²) >= 11 is 0. The maximum Gasteiger partial charge on any atom is 0.155 e. The molecular formula is C7H7N5O. The predicted octanol–water partition coefficient (Wildman–Crippen LogP) is 0.463. The zero-order valence-corrected chi connectivity index (χ0v) is 6.62. The Morgan fingerprint density at radius 3 is 2.85 bits per heavy atom. The molecule has 2 aromatic rings. The van der Waals surface area contributed by atoms with Crippen LogP contribution in [0.1, 0.15) is 0 Å². The summed E-state index contributed by atoms with van der Waals surface area (Å²) in [5.74, 6) is 0.650. The highest BCUT2D eigenvalue weighted by molar-refractivity contribution is 5.40. The summed E-state index contributed by atoms with van der Waals surface area (Å²) in [7, 11) is 0. The number of nitrogens with zero attached hydrogens (tertiary/aromatic N) is 4. The molecule has 2 aromatic heterocycles. The number of aromatic nitrogens is 4. The molecule has 0 aliphatic rings. The fraction of sp³-hybridized carbons (Fsp3) is 0. The van der Waals surface area contributed by atoms with E-state index in [0.29, 0.717) is 11.5 Å². The molecule has 6 nitrogen and oxygen atoms in total. The second kappa shape index (κ2) is 3.20. The lowest BCUT2D eigenvalue weighted by Crippen LogP contribution is -1.98. The number of hydrogen-bond acceptors (Lipinski definition) is 5. The first-order valence-corrected chi connectivity index (χ1v) is 3.61. The van der Waals surface area contributed by atoms with Crippen LogP contribution >= 0.6 is 0 Å². The molecule has 0 saturated heterocycles. The van der Waals surface area contributed by atoms with Crippen molar-refractivity contribution in [2.45, 2.75) is 0 Å². The lowest BCUT2D eigenvalue weighted by atomic mass is 10.4. The van der Waals surface area contributed by atoms with Crippen LogP contribution in [0.25, 0.3) is 5.82 Å². The Bertz CT molecular complexity index is 368. The van der Waals surface area contributed by atoms with Gasteiger partial charge in [0.1, 0.15) is 12.7 Å². The quantitative estimate of drug-likeness (QED) is 0.652. The van der Waals surface area contributed by atoms with Crippen molar-refractivity contribution in [3.63, 3.8) is 0 Å². The van der Waals surface area contributed by atoms with Crippen LogP contribution < -0.4 is 5.48 Å². The highest BCUT2D eigenvalue weighted by Crippen LogP contribution is 2.06. The Balaban J connectivity index is 2.33. The summed E-state index contributed by atoms with van der Waals surface area (Å²) in [6.07, 6.45) is 4.48. The molecule has 0 radical (unpaired) electrons. The molecule has 6 heteroatoms. The summed E-state index contributed by atoms with van der Waals surface area (Å²) in [4.78, 5) is 7.82. The SMILES string of the molecule is ONc1ccc(-n2cncn2)nc1. The first-order chi connectivity index (χ1) is 6.40. The topological polar surface area (TPSA) is 75.9 Å². The molecule has 0 spiro atoms. The first kappa shape index (κ1) is 7.69. The Labute approximate surface area is 73.8 Å². The van der Waals surface area contributed by atoms with Gasteiger partial charge in [0.05, 0.1) is 11.9 Å². The van der Waals surface area contributed by atoms with Crippen molar-refractivity contribution in [3.8, 4) is 5.82 Å². The van der Waals surface area contributed by atoms with E-state index < -0.39 is 0 Å². The molecule has 0 saturated carbocycles. The van der Waals surface area contributed by atoms with Crippen LogP contribution in [-0.2, 0) is 0 Å². The van der Waals surface area contributed by atoms with Gasteiger partial charge in [-0.05, 0) is 12.1 Å². The van der Waals surface area contributed by atoms with E-state index in [4.69, 9.17) is 5.21 Å². The van der Waals surface area contributed by atoms with Crippen LogP contribution in [0.15, 0.2) is 31.0 Å². The minimum absolute atomic E-state index is 0.531. The molecule has 66 valence electrons. The van der Waals surface area contributed by atoms with Gasteiger partial charge in [0.2, 0.25) is 0 Å². The van der Waals surface area contributed by atoms with Gasteiger partial charge in [-0.2, -0.15) is 5.10 Å². The molecule has 2 rings (SSSR count). The molecule has 0 bridgehead atoms. The Kier molecular flexibility index (Phi) is 1.89. The van der Waals surface area contributed by atoms with Gasteiger partial charge < -0.3 is 0 Å². The standard InChI is InChI=1S/C7H7N5O/c13-11-6-1-2-7(9-3-6)12-5-8-4-10-12/h1-5,11,13H. The molecule has 0 aliphatic heterocycles.